The molecule has 1 saturated heterocycles. The average molecular weight is 271 g/mol. The predicted molar refractivity (Wildman–Crippen MR) is 75.9 cm³/mol. The summed E-state index contributed by atoms with van der Waals surface area (Å²) < 4.78 is 5.78. The molecule has 0 aromatic rings. The fraction of sp³-hybridized carbons (Fsp3) is 1.00. The fourth-order valence-electron chi connectivity index (χ4n) is 2.74. The Kier molecular flexibility index (Phi) is 6.53. The molecule has 1 saturated carbocycles. The van der Waals surface area contributed by atoms with Gasteiger partial charge in [-0.25, -0.2) is 5.01 Å². The summed E-state index contributed by atoms with van der Waals surface area (Å²) in [5.74, 6) is 0. The van der Waals surface area contributed by atoms with Gasteiger partial charge in [0.1, 0.15) is 0 Å². The van der Waals surface area contributed by atoms with Gasteiger partial charge in [-0.3, -0.25) is 5.43 Å². The van der Waals surface area contributed by atoms with Crippen molar-refractivity contribution < 1.29 is 9.84 Å². The van der Waals surface area contributed by atoms with Crippen LogP contribution in [0.4, 0.5) is 0 Å². The number of hydrogen-bond acceptors (Lipinski definition) is 5. The van der Waals surface area contributed by atoms with Gasteiger partial charge >= 0.3 is 0 Å². The van der Waals surface area contributed by atoms with E-state index in [1.165, 1.54) is 32.1 Å². The quantitative estimate of drug-likeness (QED) is 0.734. The number of piperazine rings is 1. The molecule has 1 aliphatic carbocycles. The second-order valence-corrected chi connectivity index (χ2v) is 5.90. The van der Waals surface area contributed by atoms with E-state index in [9.17, 15) is 5.11 Å². The number of ether oxygens (including phenoxy) is 1. The first-order valence-electron chi connectivity index (χ1n) is 7.70. The van der Waals surface area contributed by atoms with Crippen LogP contribution in [-0.2, 0) is 4.74 Å². The molecule has 0 bridgehead atoms. The topological polar surface area (TPSA) is 48.0 Å². The number of rotatable bonds is 6. The van der Waals surface area contributed by atoms with Crippen LogP contribution < -0.4 is 5.43 Å². The molecule has 0 amide bonds. The lowest BCUT2D eigenvalue weighted by atomic mass is 9.98. The molecule has 1 atom stereocenters. The maximum Gasteiger partial charge on any atom is 0.0911 e. The van der Waals surface area contributed by atoms with Crippen LogP contribution >= 0.6 is 0 Å². The summed E-state index contributed by atoms with van der Waals surface area (Å²) in [5, 5.41) is 12.1. The maximum atomic E-state index is 9.94. The van der Waals surface area contributed by atoms with Crippen molar-refractivity contribution in [3.63, 3.8) is 0 Å². The van der Waals surface area contributed by atoms with Crippen LogP contribution in [0.5, 0.6) is 0 Å². The lowest BCUT2D eigenvalue weighted by Crippen LogP contribution is -2.52. The fourth-order valence-corrected chi connectivity index (χ4v) is 2.74. The Morgan fingerprint density at radius 2 is 1.84 bits per heavy atom. The number of likely N-dealkylation sites (N-methyl/N-ethyl adjacent to an activating group) is 1. The van der Waals surface area contributed by atoms with Crippen molar-refractivity contribution in [1.29, 1.82) is 0 Å². The van der Waals surface area contributed by atoms with E-state index < -0.39 is 6.10 Å². The highest BCUT2D eigenvalue weighted by molar-refractivity contribution is 4.69. The molecule has 0 aromatic carbocycles. The third-order valence-electron chi connectivity index (χ3n) is 4.13. The van der Waals surface area contributed by atoms with Crippen molar-refractivity contribution in [2.24, 2.45) is 0 Å². The lowest BCUT2D eigenvalue weighted by molar-refractivity contribution is -0.0304. The lowest BCUT2D eigenvalue weighted by Gasteiger charge is -2.33. The first-order valence-corrected chi connectivity index (χ1v) is 7.70. The minimum atomic E-state index is -0.401. The van der Waals surface area contributed by atoms with Gasteiger partial charge in [-0.1, -0.05) is 19.3 Å². The molecule has 2 fully saturated rings. The molecule has 0 spiro atoms. The summed E-state index contributed by atoms with van der Waals surface area (Å²) in [6.07, 6.45) is 6.21. The summed E-state index contributed by atoms with van der Waals surface area (Å²) in [6, 6.07) is 0. The standard InChI is InChI=1S/C14H29N3O2/c1-16-7-9-17(10-8-16)15-11-13(18)12-19-14-5-3-2-4-6-14/h13-15,18H,2-12H2,1H3. The highest BCUT2D eigenvalue weighted by Gasteiger charge is 2.17. The molecular weight excluding hydrogens is 242 g/mol. The monoisotopic (exact) mass is 271 g/mol. The number of hydrogen-bond donors (Lipinski definition) is 2. The summed E-state index contributed by atoms with van der Waals surface area (Å²) in [4.78, 5) is 2.32. The van der Waals surface area contributed by atoms with Crippen LogP contribution in [0.1, 0.15) is 32.1 Å². The van der Waals surface area contributed by atoms with Gasteiger partial charge in [-0.05, 0) is 19.9 Å². The first kappa shape index (κ1) is 15.2. The van der Waals surface area contributed by atoms with E-state index in [4.69, 9.17) is 4.74 Å². The van der Waals surface area contributed by atoms with Gasteiger partial charge in [0.05, 0.1) is 18.8 Å². The Bertz CT molecular complexity index is 239. The second kappa shape index (κ2) is 8.17. The highest BCUT2D eigenvalue weighted by atomic mass is 16.5. The molecule has 2 aliphatic rings. The summed E-state index contributed by atoms with van der Waals surface area (Å²) >= 11 is 0. The molecule has 5 heteroatoms. The van der Waals surface area contributed by atoms with E-state index in [1.807, 2.05) is 0 Å². The van der Waals surface area contributed by atoms with Crippen molar-refractivity contribution in [3.05, 3.63) is 0 Å². The number of hydrazine groups is 1. The minimum absolute atomic E-state index is 0.382. The Morgan fingerprint density at radius 3 is 2.53 bits per heavy atom. The van der Waals surface area contributed by atoms with E-state index in [1.54, 1.807) is 0 Å². The van der Waals surface area contributed by atoms with Crippen LogP contribution in [0.25, 0.3) is 0 Å². The maximum absolute atomic E-state index is 9.94. The molecule has 1 aliphatic heterocycles. The van der Waals surface area contributed by atoms with E-state index in [-0.39, 0.29) is 0 Å². The van der Waals surface area contributed by atoms with E-state index in [2.05, 4.69) is 22.4 Å². The third-order valence-corrected chi connectivity index (χ3v) is 4.13. The predicted octanol–water partition coefficient (Wildman–Crippen LogP) is 0.449. The second-order valence-electron chi connectivity index (χ2n) is 5.90. The van der Waals surface area contributed by atoms with Crippen LogP contribution in [0.3, 0.4) is 0 Å². The number of nitrogens with zero attached hydrogens (tertiary/aromatic N) is 2. The molecule has 2 N–H and O–H groups in total. The molecule has 19 heavy (non-hydrogen) atoms. The molecular formula is C14H29N3O2. The van der Waals surface area contributed by atoms with Gasteiger partial charge in [0.2, 0.25) is 0 Å². The van der Waals surface area contributed by atoms with Gasteiger partial charge < -0.3 is 14.7 Å². The zero-order valence-corrected chi connectivity index (χ0v) is 12.2. The molecule has 0 aromatic heterocycles. The van der Waals surface area contributed by atoms with Gasteiger partial charge in [0.15, 0.2) is 0 Å². The number of aliphatic hydroxyl groups excluding tert-OH is 1. The van der Waals surface area contributed by atoms with E-state index in [0.29, 0.717) is 19.3 Å². The van der Waals surface area contributed by atoms with E-state index in [0.717, 1.165) is 26.2 Å². The largest absolute Gasteiger partial charge is 0.389 e. The van der Waals surface area contributed by atoms with Crippen LogP contribution in [-0.4, -0.2) is 73.6 Å². The molecule has 1 unspecified atom stereocenters. The average Bonchev–Trinajstić information content (AvgIpc) is 2.45. The minimum Gasteiger partial charge on any atom is -0.389 e. The Balaban J connectivity index is 1.52. The van der Waals surface area contributed by atoms with Gasteiger partial charge in [0.25, 0.3) is 0 Å². The van der Waals surface area contributed by atoms with Gasteiger partial charge in [0, 0.05) is 32.7 Å². The third kappa shape index (κ3) is 5.75. The van der Waals surface area contributed by atoms with Gasteiger partial charge in [-0.2, -0.15) is 0 Å². The van der Waals surface area contributed by atoms with Crippen molar-refractivity contribution in [3.8, 4) is 0 Å². The Morgan fingerprint density at radius 1 is 1.16 bits per heavy atom. The van der Waals surface area contributed by atoms with Crippen LogP contribution in [0, 0.1) is 0 Å². The first-order chi connectivity index (χ1) is 9.24. The number of aliphatic hydroxyl groups is 1. The molecule has 5 nitrogen and oxygen atoms in total. The van der Waals surface area contributed by atoms with Crippen LogP contribution in [0.2, 0.25) is 0 Å². The van der Waals surface area contributed by atoms with Crippen molar-refractivity contribution in [2.75, 3.05) is 46.4 Å². The zero-order chi connectivity index (χ0) is 13.5. The SMILES string of the molecule is CN1CCN(NCC(O)COC2CCCCC2)CC1. The molecule has 112 valence electrons. The normalized spacial score (nSPS) is 25.6. The smallest absolute Gasteiger partial charge is 0.0911 e. The van der Waals surface area contributed by atoms with Crippen molar-refractivity contribution >= 4 is 0 Å². The summed E-state index contributed by atoms with van der Waals surface area (Å²) in [5.41, 5.74) is 3.31. The Hall–Kier alpha value is -0.200. The summed E-state index contributed by atoms with van der Waals surface area (Å²) in [6.45, 7) is 5.27. The highest BCUT2D eigenvalue weighted by Crippen LogP contribution is 2.20. The number of nitrogens with one attached hydrogen (secondary N) is 1. The van der Waals surface area contributed by atoms with E-state index >= 15 is 0 Å². The molecule has 1 heterocycles. The molecule has 2 rings (SSSR count). The summed E-state index contributed by atoms with van der Waals surface area (Å²) in [7, 11) is 2.14. The Labute approximate surface area is 116 Å². The molecule has 0 radical (unpaired) electrons. The van der Waals surface area contributed by atoms with Crippen LogP contribution in [0.15, 0.2) is 0 Å². The van der Waals surface area contributed by atoms with Crippen molar-refractivity contribution in [2.45, 2.75) is 44.3 Å². The van der Waals surface area contributed by atoms with Gasteiger partial charge in [-0.15, -0.1) is 0 Å². The zero-order valence-electron chi connectivity index (χ0n) is 12.2. The van der Waals surface area contributed by atoms with Crippen molar-refractivity contribution in [1.82, 2.24) is 15.3 Å².